The minimum Gasteiger partial charge on any atom is -0.484 e. The van der Waals surface area contributed by atoms with Crippen molar-refractivity contribution < 1.29 is 19.4 Å². The van der Waals surface area contributed by atoms with E-state index >= 15 is 0 Å². The number of carbonyl (C=O) groups is 2. The number of nitrogens with one attached hydrogen (secondary N) is 1. The number of carboxylic acids is 1. The van der Waals surface area contributed by atoms with Gasteiger partial charge in [0.1, 0.15) is 11.8 Å². The van der Waals surface area contributed by atoms with Crippen molar-refractivity contribution in [2.24, 2.45) is 0 Å². The molecule has 0 fully saturated rings. The summed E-state index contributed by atoms with van der Waals surface area (Å²) in [6, 6.07) is 6.36. The molecule has 0 spiro atoms. The molecule has 92 valence electrons. The summed E-state index contributed by atoms with van der Waals surface area (Å²) in [6.45, 7) is 3.12. The summed E-state index contributed by atoms with van der Waals surface area (Å²) in [5, 5.41) is 10.9. The topological polar surface area (TPSA) is 75.6 Å². The zero-order chi connectivity index (χ0) is 12.8. The van der Waals surface area contributed by atoms with Crippen LogP contribution in [0, 0.1) is 6.92 Å². The van der Waals surface area contributed by atoms with Gasteiger partial charge in [-0.2, -0.15) is 0 Å². The molecule has 0 aliphatic heterocycles. The molecule has 5 nitrogen and oxygen atoms in total. The van der Waals surface area contributed by atoms with Gasteiger partial charge in [-0.3, -0.25) is 9.59 Å². The summed E-state index contributed by atoms with van der Waals surface area (Å²) < 4.78 is 5.22. The van der Waals surface area contributed by atoms with Crippen LogP contribution < -0.4 is 10.1 Å². The Hall–Kier alpha value is -2.04. The van der Waals surface area contributed by atoms with Crippen LogP contribution >= 0.6 is 0 Å². The zero-order valence-corrected chi connectivity index (χ0v) is 9.77. The minimum atomic E-state index is -1.08. The maximum Gasteiger partial charge on any atom is 0.325 e. The Labute approximate surface area is 99.4 Å². The first-order chi connectivity index (χ1) is 7.99. The minimum absolute atomic E-state index is 0.193. The van der Waals surface area contributed by atoms with Crippen LogP contribution in [0.2, 0.25) is 0 Å². The lowest BCUT2D eigenvalue weighted by atomic mass is 10.2. The highest BCUT2D eigenvalue weighted by atomic mass is 16.5. The molecular formula is C12H15NO4. The Bertz CT molecular complexity index is 417. The van der Waals surface area contributed by atoms with E-state index in [0.717, 1.165) is 5.56 Å². The van der Waals surface area contributed by atoms with Gasteiger partial charge in [0.05, 0.1) is 0 Å². The molecule has 0 radical (unpaired) electrons. The fourth-order valence-corrected chi connectivity index (χ4v) is 1.20. The molecular weight excluding hydrogens is 222 g/mol. The average molecular weight is 237 g/mol. The van der Waals surface area contributed by atoms with Crippen molar-refractivity contribution in [2.45, 2.75) is 19.9 Å². The lowest BCUT2D eigenvalue weighted by molar-refractivity contribution is -0.141. The maximum absolute atomic E-state index is 11.3. The first-order valence-electron chi connectivity index (χ1n) is 5.20. The van der Waals surface area contributed by atoms with Crippen molar-refractivity contribution in [1.82, 2.24) is 5.32 Å². The highest BCUT2D eigenvalue weighted by Crippen LogP contribution is 2.11. The number of aryl methyl sites for hydroxylation is 1. The van der Waals surface area contributed by atoms with Crippen molar-refractivity contribution in [3.63, 3.8) is 0 Å². The van der Waals surface area contributed by atoms with E-state index in [2.05, 4.69) is 5.32 Å². The van der Waals surface area contributed by atoms with Gasteiger partial charge in [-0.1, -0.05) is 12.1 Å². The third-order valence-corrected chi connectivity index (χ3v) is 2.11. The normalized spacial score (nSPS) is 11.6. The van der Waals surface area contributed by atoms with Crippen molar-refractivity contribution in [3.8, 4) is 5.75 Å². The van der Waals surface area contributed by atoms with Gasteiger partial charge in [-0.05, 0) is 31.5 Å². The Morgan fingerprint density at radius 3 is 2.76 bits per heavy atom. The molecule has 0 unspecified atom stereocenters. The van der Waals surface area contributed by atoms with Gasteiger partial charge >= 0.3 is 5.97 Å². The number of amides is 1. The number of carboxylic acid groups (broad SMARTS) is 1. The van der Waals surface area contributed by atoms with Crippen LogP contribution in [0.15, 0.2) is 24.3 Å². The summed E-state index contributed by atoms with van der Waals surface area (Å²) in [7, 11) is 0. The van der Waals surface area contributed by atoms with Crippen molar-refractivity contribution >= 4 is 11.9 Å². The molecule has 0 bridgehead atoms. The monoisotopic (exact) mass is 237 g/mol. The van der Waals surface area contributed by atoms with E-state index < -0.39 is 17.9 Å². The summed E-state index contributed by atoms with van der Waals surface area (Å²) in [4.78, 5) is 21.8. The standard InChI is InChI=1S/C12H15NO4/c1-8-4-3-5-10(6-8)17-7-11(14)13-9(2)12(15)16/h3-6,9H,7H2,1-2H3,(H,13,14)(H,15,16)/t9-/m1/s1. The largest absolute Gasteiger partial charge is 0.484 e. The lowest BCUT2D eigenvalue weighted by Gasteiger charge is -2.10. The highest BCUT2D eigenvalue weighted by Gasteiger charge is 2.13. The first kappa shape index (κ1) is 13.0. The third-order valence-electron chi connectivity index (χ3n) is 2.11. The number of rotatable bonds is 5. The second-order valence-electron chi connectivity index (χ2n) is 3.73. The number of carbonyl (C=O) groups excluding carboxylic acids is 1. The second-order valence-corrected chi connectivity index (χ2v) is 3.73. The van der Waals surface area contributed by atoms with Gasteiger partial charge in [-0.25, -0.2) is 0 Å². The van der Waals surface area contributed by atoms with Gasteiger partial charge in [-0.15, -0.1) is 0 Å². The smallest absolute Gasteiger partial charge is 0.325 e. The van der Waals surface area contributed by atoms with Crippen LogP contribution in [-0.2, 0) is 9.59 Å². The summed E-state index contributed by atoms with van der Waals surface area (Å²) >= 11 is 0. The number of hydrogen-bond acceptors (Lipinski definition) is 3. The molecule has 1 aromatic carbocycles. The fourth-order valence-electron chi connectivity index (χ4n) is 1.20. The highest BCUT2D eigenvalue weighted by molar-refractivity contribution is 5.84. The molecule has 0 aromatic heterocycles. The molecule has 0 saturated carbocycles. The van der Waals surface area contributed by atoms with Crippen LogP contribution in [0.3, 0.4) is 0 Å². The van der Waals surface area contributed by atoms with Crippen LogP contribution in [0.1, 0.15) is 12.5 Å². The van der Waals surface area contributed by atoms with E-state index in [9.17, 15) is 9.59 Å². The Balaban J connectivity index is 2.41. The Morgan fingerprint density at radius 1 is 1.47 bits per heavy atom. The molecule has 17 heavy (non-hydrogen) atoms. The molecule has 0 heterocycles. The van der Waals surface area contributed by atoms with Crippen molar-refractivity contribution in [1.29, 1.82) is 0 Å². The van der Waals surface area contributed by atoms with Gasteiger partial charge in [0.2, 0.25) is 0 Å². The van der Waals surface area contributed by atoms with Crippen LogP contribution in [0.25, 0.3) is 0 Å². The first-order valence-corrected chi connectivity index (χ1v) is 5.20. The van der Waals surface area contributed by atoms with Gasteiger partial charge in [0, 0.05) is 0 Å². The molecule has 5 heteroatoms. The molecule has 0 aliphatic rings. The Kier molecular flexibility index (Phi) is 4.51. The number of ether oxygens (including phenoxy) is 1. The average Bonchev–Trinajstić information content (AvgIpc) is 2.26. The molecule has 1 atom stereocenters. The van der Waals surface area contributed by atoms with E-state index in [1.807, 2.05) is 19.1 Å². The van der Waals surface area contributed by atoms with E-state index in [1.165, 1.54) is 6.92 Å². The molecule has 0 aliphatic carbocycles. The molecule has 0 saturated heterocycles. The van der Waals surface area contributed by atoms with Gasteiger partial charge in [0.15, 0.2) is 6.61 Å². The van der Waals surface area contributed by atoms with E-state index in [1.54, 1.807) is 12.1 Å². The van der Waals surface area contributed by atoms with Crippen molar-refractivity contribution in [3.05, 3.63) is 29.8 Å². The van der Waals surface area contributed by atoms with Gasteiger partial charge < -0.3 is 15.2 Å². The van der Waals surface area contributed by atoms with Gasteiger partial charge in [0.25, 0.3) is 5.91 Å². The number of benzene rings is 1. The van der Waals surface area contributed by atoms with Crippen molar-refractivity contribution in [2.75, 3.05) is 6.61 Å². The summed E-state index contributed by atoms with van der Waals surface area (Å²) in [6.07, 6.45) is 0. The number of hydrogen-bond donors (Lipinski definition) is 2. The van der Waals surface area contributed by atoms with E-state index in [-0.39, 0.29) is 6.61 Å². The molecule has 2 N–H and O–H groups in total. The third kappa shape index (κ3) is 4.55. The zero-order valence-electron chi connectivity index (χ0n) is 9.77. The molecule has 1 rings (SSSR count). The van der Waals surface area contributed by atoms with E-state index in [0.29, 0.717) is 5.75 Å². The van der Waals surface area contributed by atoms with Crippen LogP contribution in [0.4, 0.5) is 0 Å². The number of aliphatic carboxylic acids is 1. The second kappa shape index (κ2) is 5.89. The molecule has 1 amide bonds. The van der Waals surface area contributed by atoms with E-state index in [4.69, 9.17) is 9.84 Å². The lowest BCUT2D eigenvalue weighted by Crippen LogP contribution is -2.40. The maximum atomic E-state index is 11.3. The fraction of sp³-hybridized carbons (Fsp3) is 0.333. The quantitative estimate of drug-likeness (QED) is 0.799. The SMILES string of the molecule is Cc1cccc(OCC(=O)N[C@H](C)C(=O)O)c1. The predicted octanol–water partition coefficient (Wildman–Crippen LogP) is 0.963. The van der Waals surface area contributed by atoms with Crippen LogP contribution in [-0.4, -0.2) is 29.6 Å². The Morgan fingerprint density at radius 2 is 2.18 bits per heavy atom. The molecule has 1 aromatic rings. The summed E-state index contributed by atoms with van der Waals surface area (Å²) in [5.41, 5.74) is 1.03. The van der Waals surface area contributed by atoms with Crippen LogP contribution in [0.5, 0.6) is 5.75 Å². The predicted molar refractivity (Wildman–Crippen MR) is 61.9 cm³/mol. The summed E-state index contributed by atoms with van der Waals surface area (Å²) in [5.74, 6) is -0.946.